The van der Waals surface area contributed by atoms with E-state index in [4.69, 9.17) is 9.47 Å². The third-order valence-corrected chi connectivity index (χ3v) is 3.00. The van der Waals surface area contributed by atoms with E-state index in [0.29, 0.717) is 6.61 Å². The van der Waals surface area contributed by atoms with Crippen molar-refractivity contribution in [2.24, 2.45) is 0 Å². The quantitative estimate of drug-likeness (QED) is 0.838. The highest BCUT2D eigenvalue weighted by atomic mass is 79.9. The van der Waals surface area contributed by atoms with E-state index in [1.165, 1.54) is 12.8 Å². The van der Waals surface area contributed by atoms with Crippen LogP contribution < -0.4 is 4.74 Å². The van der Waals surface area contributed by atoms with Gasteiger partial charge in [0.1, 0.15) is 12.4 Å². The van der Waals surface area contributed by atoms with Gasteiger partial charge in [0.15, 0.2) is 0 Å². The van der Waals surface area contributed by atoms with Crippen LogP contribution in [0, 0.1) is 0 Å². The van der Waals surface area contributed by atoms with Gasteiger partial charge in [0.05, 0.1) is 6.10 Å². The van der Waals surface area contributed by atoms with E-state index >= 15 is 0 Å². The number of rotatable bonds is 3. The molecule has 0 saturated carbocycles. The second-order valence-corrected chi connectivity index (χ2v) is 4.67. The molecular formula is C12H15BrO2. The van der Waals surface area contributed by atoms with E-state index in [-0.39, 0.29) is 6.10 Å². The number of hydrogen-bond acceptors (Lipinski definition) is 2. The summed E-state index contributed by atoms with van der Waals surface area (Å²) in [4.78, 5) is 0. The molecule has 0 radical (unpaired) electrons. The van der Waals surface area contributed by atoms with E-state index in [1.807, 2.05) is 24.3 Å². The monoisotopic (exact) mass is 270 g/mol. The first-order chi connectivity index (χ1) is 7.34. The van der Waals surface area contributed by atoms with Crippen LogP contribution in [0.2, 0.25) is 0 Å². The first-order valence-electron chi connectivity index (χ1n) is 5.34. The van der Waals surface area contributed by atoms with Gasteiger partial charge in [-0.15, -0.1) is 0 Å². The molecular weight excluding hydrogens is 256 g/mol. The summed E-state index contributed by atoms with van der Waals surface area (Å²) in [6.45, 7) is 1.54. The van der Waals surface area contributed by atoms with Gasteiger partial charge in [-0.05, 0) is 37.5 Å². The van der Waals surface area contributed by atoms with E-state index in [1.54, 1.807) is 0 Å². The average Bonchev–Trinajstić information content (AvgIpc) is 2.28. The van der Waals surface area contributed by atoms with Crippen molar-refractivity contribution in [3.05, 3.63) is 28.7 Å². The molecule has 15 heavy (non-hydrogen) atoms. The first kappa shape index (κ1) is 11.0. The van der Waals surface area contributed by atoms with Crippen molar-refractivity contribution in [3.8, 4) is 5.75 Å². The lowest BCUT2D eigenvalue weighted by Gasteiger charge is -2.22. The zero-order chi connectivity index (χ0) is 10.5. The molecule has 0 spiro atoms. The molecule has 1 aromatic carbocycles. The molecule has 1 heterocycles. The molecule has 0 bridgehead atoms. The highest BCUT2D eigenvalue weighted by molar-refractivity contribution is 9.10. The molecule has 82 valence electrons. The highest BCUT2D eigenvalue weighted by Crippen LogP contribution is 2.19. The van der Waals surface area contributed by atoms with Crippen LogP contribution in [0.15, 0.2) is 28.7 Å². The topological polar surface area (TPSA) is 18.5 Å². The molecule has 2 nitrogen and oxygen atoms in total. The molecule has 3 heteroatoms. The summed E-state index contributed by atoms with van der Waals surface area (Å²) in [5.74, 6) is 0.901. The lowest BCUT2D eigenvalue weighted by atomic mass is 10.1. The Bertz CT molecular complexity index is 308. The van der Waals surface area contributed by atoms with Crippen LogP contribution in [-0.4, -0.2) is 19.3 Å². The Balaban J connectivity index is 1.81. The third-order valence-electron chi connectivity index (χ3n) is 2.51. The minimum atomic E-state index is 0.276. The van der Waals surface area contributed by atoms with Crippen LogP contribution in [0.25, 0.3) is 0 Å². The van der Waals surface area contributed by atoms with Crippen molar-refractivity contribution in [1.82, 2.24) is 0 Å². The maximum Gasteiger partial charge on any atom is 0.120 e. The van der Waals surface area contributed by atoms with Gasteiger partial charge < -0.3 is 9.47 Å². The van der Waals surface area contributed by atoms with Gasteiger partial charge in [0.25, 0.3) is 0 Å². The minimum Gasteiger partial charge on any atom is -0.491 e. The normalized spacial score (nSPS) is 21.3. The summed E-state index contributed by atoms with van der Waals surface area (Å²) >= 11 is 3.42. The van der Waals surface area contributed by atoms with Crippen LogP contribution in [0.3, 0.4) is 0 Å². The molecule has 1 atom stereocenters. The fourth-order valence-electron chi connectivity index (χ4n) is 1.68. The summed E-state index contributed by atoms with van der Waals surface area (Å²) in [5.41, 5.74) is 0. The van der Waals surface area contributed by atoms with Crippen molar-refractivity contribution < 1.29 is 9.47 Å². The Hall–Kier alpha value is -0.540. The van der Waals surface area contributed by atoms with Crippen molar-refractivity contribution in [3.63, 3.8) is 0 Å². The lowest BCUT2D eigenvalue weighted by Crippen LogP contribution is -2.25. The number of ether oxygens (including phenoxy) is 2. The molecule has 0 N–H and O–H groups in total. The van der Waals surface area contributed by atoms with Gasteiger partial charge in [-0.3, -0.25) is 0 Å². The number of halogens is 1. The second-order valence-electron chi connectivity index (χ2n) is 3.76. The Kier molecular flexibility index (Phi) is 4.03. The predicted octanol–water partition coefficient (Wildman–Crippen LogP) is 3.40. The van der Waals surface area contributed by atoms with Gasteiger partial charge in [-0.2, -0.15) is 0 Å². The van der Waals surface area contributed by atoms with Crippen LogP contribution in [0.4, 0.5) is 0 Å². The predicted molar refractivity (Wildman–Crippen MR) is 63.2 cm³/mol. The smallest absolute Gasteiger partial charge is 0.120 e. The van der Waals surface area contributed by atoms with E-state index in [9.17, 15) is 0 Å². The molecule has 2 rings (SSSR count). The zero-order valence-electron chi connectivity index (χ0n) is 8.62. The summed E-state index contributed by atoms with van der Waals surface area (Å²) in [6, 6.07) is 7.90. The zero-order valence-corrected chi connectivity index (χ0v) is 10.2. The highest BCUT2D eigenvalue weighted by Gasteiger charge is 2.14. The van der Waals surface area contributed by atoms with Gasteiger partial charge in [0, 0.05) is 11.1 Å². The Morgan fingerprint density at radius 1 is 1.40 bits per heavy atom. The molecule has 1 aromatic rings. The molecule has 0 unspecified atom stereocenters. The Morgan fingerprint density at radius 3 is 3.07 bits per heavy atom. The molecule has 1 aliphatic rings. The molecule has 1 aliphatic heterocycles. The van der Waals surface area contributed by atoms with Crippen LogP contribution in [0.1, 0.15) is 19.3 Å². The number of hydrogen-bond donors (Lipinski definition) is 0. The summed E-state index contributed by atoms with van der Waals surface area (Å²) in [7, 11) is 0. The third kappa shape index (κ3) is 3.50. The molecule has 0 aliphatic carbocycles. The molecule has 0 amide bonds. The summed E-state index contributed by atoms with van der Waals surface area (Å²) in [6.07, 6.45) is 3.84. The van der Waals surface area contributed by atoms with Crippen molar-refractivity contribution >= 4 is 15.9 Å². The van der Waals surface area contributed by atoms with Crippen molar-refractivity contribution in [2.45, 2.75) is 25.4 Å². The maximum absolute atomic E-state index is 5.67. The maximum atomic E-state index is 5.67. The van der Waals surface area contributed by atoms with Gasteiger partial charge in [0.2, 0.25) is 0 Å². The van der Waals surface area contributed by atoms with Gasteiger partial charge >= 0.3 is 0 Å². The Morgan fingerprint density at radius 2 is 2.33 bits per heavy atom. The van der Waals surface area contributed by atoms with Crippen LogP contribution in [-0.2, 0) is 4.74 Å². The largest absolute Gasteiger partial charge is 0.491 e. The first-order valence-corrected chi connectivity index (χ1v) is 6.14. The fourth-order valence-corrected chi connectivity index (χ4v) is 2.06. The van der Waals surface area contributed by atoms with Crippen LogP contribution in [0.5, 0.6) is 5.75 Å². The van der Waals surface area contributed by atoms with E-state index < -0.39 is 0 Å². The molecule has 1 fully saturated rings. The lowest BCUT2D eigenvalue weighted by molar-refractivity contribution is -0.0110. The van der Waals surface area contributed by atoms with Gasteiger partial charge in [-0.1, -0.05) is 22.0 Å². The van der Waals surface area contributed by atoms with E-state index in [2.05, 4.69) is 15.9 Å². The molecule has 1 saturated heterocycles. The minimum absolute atomic E-state index is 0.276. The average molecular weight is 271 g/mol. The fraction of sp³-hybridized carbons (Fsp3) is 0.500. The summed E-state index contributed by atoms with van der Waals surface area (Å²) in [5, 5.41) is 0. The second kappa shape index (κ2) is 5.52. The summed E-state index contributed by atoms with van der Waals surface area (Å²) < 4.78 is 12.3. The van der Waals surface area contributed by atoms with Gasteiger partial charge in [-0.25, -0.2) is 0 Å². The van der Waals surface area contributed by atoms with Crippen molar-refractivity contribution in [1.29, 1.82) is 0 Å². The molecule has 0 aromatic heterocycles. The van der Waals surface area contributed by atoms with Crippen LogP contribution >= 0.6 is 15.9 Å². The SMILES string of the molecule is Brc1cccc(OC[C@H]2CCCCO2)c1. The Labute approximate surface area is 98.7 Å². The van der Waals surface area contributed by atoms with Crippen molar-refractivity contribution in [2.75, 3.05) is 13.2 Å². The standard InChI is InChI=1S/C12H15BrO2/c13-10-4-3-6-11(8-10)15-9-12-5-1-2-7-14-12/h3-4,6,8,12H,1-2,5,7,9H2/t12-/m1/s1. The number of benzene rings is 1. The van der Waals surface area contributed by atoms with E-state index in [0.717, 1.165) is 23.2 Å².